The van der Waals surface area contributed by atoms with Crippen molar-refractivity contribution < 1.29 is 0 Å². The molecule has 2 nitrogen and oxygen atoms in total. The molecule has 0 aliphatic heterocycles. The lowest BCUT2D eigenvalue weighted by Crippen LogP contribution is -1.82. The molecular weight excluding hydrogens is 148 g/mol. The number of nitriles is 2. The van der Waals surface area contributed by atoms with Crippen LogP contribution in [0.25, 0.3) is 0 Å². The summed E-state index contributed by atoms with van der Waals surface area (Å²) in [5, 5.41) is 17.1. The van der Waals surface area contributed by atoms with Gasteiger partial charge in [0, 0.05) is 5.56 Å². The molecule has 0 unspecified atom stereocenters. The number of hydrogen-bond donors (Lipinski definition) is 0. The van der Waals surface area contributed by atoms with E-state index in [-0.39, 0.29) is 0 Å². The van der Waals surface area contributed by atoms with E-state index < -0.39 is 0 Å². The summed E-state index contributed by atoms with van der Waals surface area (Å²) in [6, 6.07) is 8.50. The fourth-order valence-corrected chi connectivity index (χ4v) is 0.840. The van der Waals surface area contributed by atoms with Gasteiger partial charge in [-0.25, -0.2) is 0 Å². The zero-order chi connectivity index (χ0) is 8.97. The molecule has 0 atom stereocenters. The van der Waals surface area contributed by atoms with E-state index in [2.05, 4.69) is 5.92 Å². The monoisotopic (exact) mass is 152 g/mol. The van der Waals surface area contributed by atoms with Crippen molar-refractivity contribution >= 4 is 0 Å². The van der Waals surface area contributed by atoms with E-state index in [9.17, 15) is 0 Å². The molecule has 0 amide bonds. The molecule has 0 N–H and O–H groups in total. The first-order chi connectivity index (χ1) is 5.80. The minimum absolute atomic E-state index is 0.419. The quantitative estimate of drug-likeness (QED) is 0.527. The van der Waals surface area contributed by atoms with E-state index >= 15 is 0 Å². The largest absolute Gasteiger partial charge is 0.192 e. The zero-order valence-electron chi connectivity index (χ0n) is 6.20. The first-order valence-electron chi connectivity index (χ1n) is 3.22. The van der Waals surface area contributed by atoms with Crippen LogP contribution < -0.4 is 0 Å². The molecule has 0 saturated heterocycles. The first kappa shape index (κ1) is 7.86. The maximum absolute atomic E-state index is 8.55. The van der Waals surface area contributed by atoms with E-state index in [1.165, 1.54) is 6.07 Å². The lowest BCUT2D eigenvalue weighted by Gasteiger charge is -1.92. The zero-order valence-corrected chi connectivity index (χ0v) is 6.20. The molecule has 0 aliphatic carbocycles. The molecule has 1 aromatic carbocycles. The number of benzene rings is 1. The summed E-state index contributed by atoms with van der Waals surface area (Å²) < 4.78 is 0. The Hall–Kier alpha value is -2.24. The molecule has 12 heavy (non-hydrogen) atoms. The highest BCUT2D eigenvalue weighted by Gasteiger charge is 1.96. The maximum atomic E-state index is 8.55. The highest BCUT2D eigenvalue weighted by Crippen LogP contribution is 2.07. The van der Waals surface area contributed by atoms with E-state index in [0.29, 0.717) is 16.7 Å². The Bertz CT molecular complexity index is 346. The fraction of sp³-hybridized carbons (Fsp3) is 0. The lowest BCUT2D eigenvalue weighted by atomic mass is 10.1. The summed E-state index contributed by atoms with van der Waals surface area (Å²) >= 11 is 0. The molecule has 0 aromatic heterocycles. The first-order valence-corrected chi connectivity index (χ1v) is 3.22. The van der Waals surface area contributed by atoms with Gasteiger partial charge in [-0.05, 0) is 18.2 Å². The Morgan fingerprint density at radius 3 is 1.67 bits per heavy atom. The van der Waals surface area contributed by atoms with Gasteiger partial charge >= 0.3 is 0 Å². The standard InChI is InChI=1S/C10H4N2/c1-2-8-3-9(6-11)5-10(4-8)7-12/h1,3-5H. The van der Waals surface area contributed by atoms with Gasteiger partial charge in [0.05, 0.1) is 23.3 Å². The number of nitrogens with zero attached hydrogens (tertiary/aromatic N) is 2. The van der Waals surface area contributed by atoms with E-state index in [4.69, 9.17) is 16.9 Å². The van der Waals surface area contributed by atoms with Crippen molar-refractivity contribution in [2.75, 3.05) is 0 Å². The van der Waals surface area contributed by atoms with Crippen LogP contribution in [0, 0.1) is 35.0 Å². The molecule has 2 heteroatoms. The van der Waals surface area contributed by atoms with Crippen molar-refractivity contribution in [2.24, 2.45) is 0 Å². The molecule has 0 fully saturated rings. The molecular formula is C10H4N2. The second-order valence-corrected chi connectivity index (χ2v) is 2.17. The minimum Gasteiger partial charge on any atom is -0.192 e. The summed E-state index contributed by atoms with van der Waals surface area (Å²) in [5.74, 6) is 2.37. The van der Waals surface area contributed by atoms with Crippen LogP contribution in [0.4, 0.5) is 0 Å². The molecule has 0 bridgehead atoms. The van der Waals surface area contributed by atoms with Crippen molar-refractivity contribution in [3.8, 4) is 24.5 Å². The van der Waals surface area contributed by atoms with Gasteiger partial charge in [0.1, 0.15) is 0 Å². The van der Waals surface area contributed by atoms with Crippen LogP contribution in [-0.4, -0.2) is 0 Å². The third-order valence-electron chi connectivity index (χ3n) is 1.36. The predicted molar refractivity (Wildman–Crippen MR) is 43.8 cm³/mol. The van der Waals surface area contributed by atoms with Crippen LogP contribution in [0.2, 0.25) is 0 Å². The van der Waals surface area contributed by atoms with Crippen LogP contribution in [-0.2, 0) is 0 Å². The smallest absolute Gasteiger partial charge is 0.0992 e. The van der Waals surface area contributed by atoms with Gasteiger partial charge in [0.25, 0.3) is 0 Å². The Morgan fingerprint density at radius 2 is 1.33 bits per heavy atom. The molecule has 0 saturated carbocycles. The third-order valence-corrected chi connectivity index (χ3v) is 1.36. The average Bonchev–Trinajstić information content (AvgIpc) is 2.16. The van der Waals surface area contributed by atoms with Gasteiger partial charge in [0.2, 0.25) is 0 Å². The summed E-state index contributed by atoms with van der Waals surface area (Å²) in [6.07, 6.45) is 5.13. The van der Waals surface area contributed by atoms with Crippen molar-refractivity contribution in [2.45, 2.75) is 0 Å². The molecule has 54 valence electrons. The highest BCUT2D eigenvalue weighted by atomic mass is 14.3. The van der Waals surface area contributed by atoms with E-state index in [0.717, 1.165) is 0 Å². The summed E-state index contributed by atoms with van der Waals surface area (Å²) in [5.41, 5.74) is 1.40. The van der Waals surface area contributed by atoms with Gasteiger partial charge in [-0.3, -0.25) is 0 Å². The number of rotatable bonds is 0. The van der Waals surface area contributed by atoms with Crippen LogP contribution in [0.5, 0.6) is 0 Å². The van der Waals surface area contributed by atoms with Gasteiger partial charge in [-0.2, -0.15) is 10.5 Å². The molecule has 0 spiro atoms. The topological polar surface area (TPSA) is 47.6 Å². The van der Waals surface area contributed by atoms with Crippen LogP contribution in [0.15, 0.2) is 18.2 Å². The molecule has 0 radical (unpaired) electrons. The summed E-state index contributed by atoms with van der Waals surface area (Å²) in [4.78, 5) is 0. The third kappa shape index (κ3) is 1.43. The Labute approximate surface area is 70.7 Å². The Kier molecular flexibility index (Phi) is 2.12. The Morgan fingerprint density at radius 1 is 0.917 bits per heavy atom. The predicted octanol–water partition coefficient (Wildman–Crippen LogP) is 1.41. The van der Waals surface area contributed by atoms with Gasteiger partial charge in [-0.1, -0.05) is 5.92 Å². The second kappa shape index (κ2) is 3.24. The normalized spacial score (nSPS) is 7.75. The molecule has 1 rings (SSSR count). The van der Waals surface area contributed by atoms with E-state index in [1.54, 1.807) is 12.1 Å². The van der Waals surface area contributed by atoms with Gasteiger partial charge in [-0.15, -0.1) is 6.42 Å². The van der Waals surface area contributed by atoms with Crippen molar-refractivity contribution in [1.29, 1.82) is 10.5 Å². The number of terminal acetylenes is 1. The lowest BCUT2D eigenvalue weighted by molar-refractivity contribution is 1.44. The maximum Gasteiger partial charge on any atom is 0.0992 e. The minimum atomic E-state index is 0.419. The van der Waals surface area contributed by atoms with Crippen LogP contribution in [0.3, 0.4) is 0 Å². The van der Waals surface area contributed by atoms with Gasteiger partial charge in [0.15, 0.2) is 0 Å². The van der Waals surface area contributed by atoms with Crippen LogP contribution >= 0.6 is 0 Å². The summed E-state index contributed by atoms with van der Waals surface area (Å²) in [6.45, 7) is 0. The number of hydrogen-bond acceptors (Lipinski definition) is 2. The van der Waals surface area contributed by atoms with Crippen molar-refractivity contribution in [1.82, 2.24) is 0 Å². The van der Waals surface area contributed by atoms with Crippen LogP contribution in [0.1, 0.15) is 16.7 Å². The SMILES string of the molecule is C#Cc1cc(C#N)cc(C#N)c1. The van der Waals surface area contributed by atoms with Gasteiger partial charge < -0.3 is 0 Å². The molecule has 0 heterocycles. The average molecular weight is 152 g/mol. The summed E-state index contributed by atoms with van der Waals surface area (Å²) in [7, 11) is 0. The highest BCUT2D eigenvalue weighted by molar-refractivity contribution is 5.47. The van der Waals surface area contributed by atoms with Crippen molar-refractivity contribution in [3.63, 3.8) is 0 Å². The second-order valence-electron chi connectivity index (χ2n) is 2.17. The van der Waals surface area contributed by atoms with E-state index in [1.807, 2.05) is 12.1 Å². The van der Waals surface area contributed by atoms with Crippen molar-refractivity contribution in [3.05, 3.63) is 34.9 Å². The molecule has 1 aromatic rings. The molecule has 0 aliphatic rings. The Balaban J connectivity index is 3.36. The fourth-order valence-electron chi connectivity index (χ4n) is 0.840.